The number of carbonyl (C=O) groups is 1. The number of ether oxygens (including phenoxy) is 2. The molecule has 0 fully saturated rings. The van der Waals surface area contributed by atoms with Gasteiger partial charge in [0.15, 0.2) is 6.61 Å². The molecule has 1 rings (SSSR count). The van der Waals surface area contributed by atoms with E-state index in [0.717, 1.165) is 18.5 Å². The standard InChI is InChI=1S/C14H20ClNO3/c1-4-7-16-10(2)12-8-11(15)5-6-13(12)19-9-14(17)18-3/h5-6,8,10,16H,4,7,9H2,1-3H3. The van der Waals surface area contributed by atoms with Gasteiger partial charge in [-0.05, 0) is 38.1 Å². The van der Waals surface area contributed by atoms with E-state index in [2.05, 4.69) is 17.0 Å². The van der Waals surface area contributed by atoms with Crippen molar-refractivity contribution in [3.05, 3.63) is 28.8 Å². The molecule has 5 heteroatoms. The van der Waals surface area contributed by atoms with Gasteiger partial charge in [0.05, 0.1) is 7.11 Å². The van der Waals surface area contributed by atoms with Gasteiger partial charge in [0, 0.05) is 16.6 Å². The summed E-state index contributed by atoms with van der Waals surface area (Å²) in [6.07, 6.45) is 1.04. The molecule has 0 aliphatic heterocycles. The number of carbonyl (C=O) groups excluding carboxylic acids is 1. The van der Waals surface area contributed by atoms with Crippen molar-refractivity contribution in [2.45, 2.75) is 26.3 Å². The number of benzene rings is 1. The van der Waals surface area contributed by atoms with Crippen molar-refractivity contribution in [1.82, 2.24) is 5.32 Å². The molecule has 0 aromatic heterocycles. The van der Waals surface area contributed by atoms with Crippen molar-refractivity contribution in [1.29, 1.82) is 0 Å². The zero-order chi connectivity index (χ0) is 14.3. The fourth-order valence-corrected chi connectivity index (χ4v) is 1.84. The Kier molecular flexibility index (Phi) is 6.67. The molecule has 1 N–H and O–H groups in total. The van der Waals surface area contributed by atoms with Crippen LogP contribution in [0, 0.1) is 0 Å². The van der Waals surface area contributed by atoms with Crippen LogP contribution in [0.2, 0.25) is 5.02 Å². The van der Waals surface area contributed by atoms with E-state index in [1.54, 1.807) is 12.1 Å². The average molecular weight is 286 g/mol. The largest absolute Gasteiger partial charge is 0.482 e. The second kappa shape index (κ2) is 8.02. The molecular formula is C14H20ClNO3. The van der Waals surface area contributed by atoms with E-state index in [1.165, 1.54) is 7.11 Å². The van der Waals surface area contributed by atoms with Gasteiger partial charge in [0.2, 0.25) is 0 Å². The molecule has 0 amide bonds. The quantitative estimate of drug-likeness (QED) is 0.783. The number of nitrogens with one attached hydrogen (secondary N) is 1. The molecule has 0 aliphatic carbocycles. The third kappa shape index (κ3) is 5.09. The zero-order valence-corrected chi connectivity index (χ0v) is 12.3. The molecule has 0 radical (unpaired) electrons. The number of esters is 1. The molecular weight excluding hydrogens is 266 g/mol. The summed E-state index contributed by atoms with van der Waals surface area (Å²) in [4.78, 5) is 11.1. The first-order valence-corrected chi connectivity index (χ1v) is 6.68. The van der Waals surface area contributed by atoms with Crippen molar-refractivity contribution in [3.8, 4) is 5.75 Å². The summed E-state index contributed by atoms with van der Waals surface area (Å²) < 4.78 is 10.0. The topological polar surface area (TPSA) is 47.6 Å². The summed E-state index contributed by atoms with van der Waals surface area (Å²) in [7, 11) is 1.33. The maximum absolute atomic E-state index is 11.1. The average Bonchev–Trinajstić information content (AvgIpc) is 2.42. The van der Waals surface area contributed by atoms with E-state index in [-0.39, 0.29) is 12.6 Å². The second-order valence-electron chi connectivity index (χ2n) is 4.22. The van der Waals surface area contributed by atoms with Crippen molar-refractivity contribution in [2.24, 2.45) is 0 Å². The van der Waals surface area contributed by atoms with Gasteiger partial charge in [-0.3, -0.25) is 0 Å². The van der Waals surface area contributed by atoms with Crippen molar-refractivity contribution in [2.75, 3.05) is 20.3 Å². The molecule has 1 atom stereocenters. The third-order valence-corrected chi connectivity index (χ3v) is 2.95. The van der Waals surface area contributed by atoms with Gasteiger partial charge in [0.1, 0.15) is 5.75 Å². The molecule has 4 nitrogen and oxygen atoms in total. The fraction of sp³-hybridized carbons (Fsp3) is 0.500. The van der Waals surface area contributed by atoms with Gasteiger partial charge in [-0.2, -0.15) is 0 Å². The Hall–Kier alpha value is -1.26. The number of halogens is 1. The normalized spacial score (nSPS) is 12.0. The molecule has 19 heavy (non-hydrogen) atoms. The molecule has 0 spiro atoms. The van der Waals surface area contributed by atoms with Gasteiger partial charge in [0.25, 0.3) is 0 Å². The van der Waals surface area contributed by atoms with Crippen LogP contribution >= 0.6 is 11.6 Å². The van der Waals surface area contributed by atoms with Crippen LogP contribution in [0.25, 0.3) is 0 Å². The molecule has 0 aliphatic rings. The maximum Gasteiger partial charge on any atom is 0.343 e. The van der Waals surface area contributed by atoms with E-state index in [1.807, 2.05) is 13.0 Å². The van der Waals surface area contributed by atoms with Crippen molar-refractivity contribution >= 4 is 17.6 Å². The Bertz CT molecular complexity index is 423. The molecule has 1 aromatic carbocycles. The summed E-state index contributed by atoms with van der Waals surface area (Å²) in [5.41, 5.74) is 0.935. The smallest absolute Gasteiger partial charge is 0.343 e. The lowest BCUT2D eigenvalue weighted by Gasteiger charge is -2.18. The Labute approximate surface area is 119 Å². The molecule has 106 valence electrons. The summed E-state index contributed by atoms with van der Waals surface area (Å²) in [5, 5.41) is 4.01. The Morgan fingerprint density at radius 2 is 2.21 bits per heavy atom. The van der Waals surface area contributed by atoms with Crippen molar-refractivity contribution in [3.63, 3.8) is 0 Å². The molecule has 0 saturated heterocycles. The van der Waals surface area contributed by atoms with Crippen molar-refractivity contribution < 1.29 is 14.3 Å². The first kappa shape index (κ1) is 15.8. The number of hydrogen-bond donors (Lipinski definition) is 1. The van der Waals surface area contributed by atoms with E-state index in [9.17, 15) is 4.79 Å². The van der Waals surface area contributed by atoms with Crippen LogP contribution in [0.4, 0.5) is 0 Å². The summed E-state index contributed by atoms with van der Waals surface area (Å²) >= 11 is 6.01. The molecule has 1 unspecified atom stereocenters. The SMILES string of the molecule is CCCNC(C)c1cc(Cl)ccc1OCC(=O)OC. The third-order valence-electron chi connectivity index (χ3n) is 2.71. The van der Waals surface area contributed by atoms with E-state index in [0.29, 0.717) is 10.8 Å². The maximum atomic E-state index is 11.1. The van der Waals surface area contributed by atoms with Crippen LogP contribution in [0.15, 0.2) is 18.2 Å². The van der Waals surface area contributed by atoms with Gasteiger partial charge in [-0.15, -0.1) is 0 Å². The lowest BCUT2D eigenvalue weighted by molar-refractivity contribution is -0.142. The molecule has 0 saturated carbocycles. The highest BCUT2D eigenvalue weighted by molar-refractivity contribution is 6.30. The minimum Gasteiger partial charge on any atom is -0.482 e. The number of methoxy groups -OCH3 is 1. The van der Waals surface area contributed by atoms with Crippen LogP contribution in [0.1, 0.15) is 31.9 Å². The van der Waals surface area contributed by atoms with Gasteiger partial charge >= 0.3 is 5.97 Å². The Morgan fingerprint density at radius 3 is 2.84 bits per heavy atom. The predicted molar refractivity (Wildman–Crippen MR) is 75.7 cm³/mol. The minimum atomic E-state index is -0.407. The predicted octanol–water partition coefficient (Wildman–Crippen LogP) is 2.95. The number of hydrogen-bond acceptors (Lipinski definition) is 4. The molecule has 0 bridgehead atoms. The van der Waals surface area contributed by atoms with E-state index < -0.39 is 5.97 Å². The van der Waals surface area contributed by atoms with Crippen LogP contribution < -0.4 is 10.1 Å². The Balaban J connectivity index is 2.81. The molecule has 1 aromatic rings. The van der Waals surface area contributed by atoms with Crippen LogP contribution in [-0.4, -0.2) is 26.2 Å². The van der Waals surface area contributed by atoms with Crippen LogP contribution in [0.5, 0.6) is 5.75 Å². The minimum absolute atomic E-state index is 0.103. The fourth-order valence-electron chi connectivity index (χ4n) is 1.66. The summed E-state index contributed by atoms with van der Waals surface area (Å²) in [6.45, 7) is 4.94. The van der Waals surface area contributed by atoms with Crippen LogP contribution in [-0.2, 0) is 9.53 Å². The van der Waals surface area contributed by atoms with E-state index >= 15 is 0 Å². The summed E-state index contributed by atoms with van der Waals surface area (Å²) in [6, 6.07) is 5.46. The first-order chi connectivity index (χ1) is 9.08. The molecule has 0 heterocycles. The Morgan fingerprint density at radius 1 is 1.47 bits per heavy atom. The highest BCUT2D eigenvalue weighted by atomic mass is 35.5. The number of rotatable bonds is 7. The lowest BCUT2D eigenvalue weighted by Crippen LogP contribution is -2.21. The first-order valence-electron chi connectivity index (χ1n) is 6.31. The van der Waals surface area contributed by atoms with Crippen LogP contribution in [0.3, 0.4) is 0 Å². The lowest BCUT2D eigenvalue weighted by atomic mass is 10.1. The highest BCUT2D eigenvalue weighted by Gasteiger charge is 2.13. The summed E-state index contributed by atoms with van der Waals surface area (Å²) in [5.74, 6) is 0.237. The monoisotopic (exact) mass is 285 g/mol. The second-order valence-corrected chi connectivity index (χ2v) is 4.66. The highest BCUT2D eigenvalue weighted by Crippen LogP contribution is 2.28. The van der Waals surface area contributed by atoms with Gasteiger partial charge in [-0.1, -0.05) is 18.5 Å². The van der Waals surface area contributed by atoms with E-state index in [4.69, 9.17) is 16.3 Å². The van der Waals surface area contributed by atoms with Gasteiger partial charge in [-0.25, -0.2) is 4.79 Å². The van der Waals surface area contributed by atoms with Gasteiger partial charge < -0.3 is 14.8 Å². The zero-order valence-electron chi connectivity index (χ0n) is 11.5.